The lowest BCUT2D eigenvalue weighted by atomic mass is 9.96. The van der Waals surface area contributed by atoms with Gasteiger partial charge in [0.15, 0.2) is 11.6 Å². The van der Waals surface area contributed by atoms with Crippen molar-refractivity contribution < 1.29 is 9.21 Å². The van der Waals surface area contributed by atoms with Gasteiger partial charge >= 0.3 is 0 Å². The van der Waals surface area contributed by atoms with Crippen molar-refractivity contribution in [2.24, 2.45) is 5.92 Å². The first-order valence-corrected chi connectivity index (χ1v) is 10.4. The van der Waals surface area contributed by atoms with Crippen LogP contribution in [0, 0.1) is 12.8 Å². The van der Waals surface area contributed by atoms with Crippen LogP contribution in [0.3, 0.4) is 0 Å². The molecule has 0 aliphatic carbocycles. The van der Waals surface area contributed by atoms with Crippen LogP contribution in [0.5, 0.6) is 0 Å². The summed E-state index contributed by atoms with van der Waals surface area (Å²) in [5, 5.41) is 11.5. The van der Waals surface area contributed by atoms with Crippen LogP contribution in [0.4, 0.5) is 11.6 Å². The van der Waals surface area contributed by atoms with E-state index in [4.69, 9.17) is 4.42 Å². The zero-order valence-corrected chi connectivity index (χ0v) is 17.5. The molecule has 0 radical (unpaired) electrons. The van der Waals surface area contributed by atoms with Gasteiger partial charge in [0, 0.05) is 37.5 Å². The molecule has 10 heteroatoms. The van der Waals surface area contributed by atoms with E-state index < -0.39 is 0 Å². The van der Waals surface area contributed by atoms with E-state index in [9.17, 15) is 4.79 Å². The monoisotopic (exact) mass is 430 g/mol. The maximum absolute atomic E-state index is 12.8. The first-order valence-electron chi connectivity index (χ1n) is 10.4. The Morgan fingerprint density at radius 3 is 2.66 bits per heavy atom. The fourth-order valence-corrected chi connectivity index (χ4v) is 3.82. The van der Waals surface area contributed by atoms with Crippen molar-refractivity contribution in [3.63, 3.8) is 0 Å². The molecule has 0 spiro atoms. The summed E-state index contributed by atoms with van der Waals surface area (Å²) in [7, 11) is 0. The molecule has 4 aromatic heterocycles. The van der Waals surface area contributed by atoms with Crippen LogP contribution in [0.2, 0.25) is 0 Å². The maximum Gasteiger partial charge on any atom is 0.228 e. The largest absolute Gasteiger partial charge is 0.463 e. The number of carbonyl (C=O) groups excluding carboxylic acids is 1. The molecule has 0 unspecified atom stereocenters. The lowest BCUT2D eigenvalue weighted by Gasteiger charge is -2.31. The topological polar surface area (TPSA) is 115 Å². The van der Waals surface area contributed by atoms with E-state index in [1.54, 1.807) is 18.5 Å². The molecule has 1 saturated heterocycles. The van der Waals surface area contributed by atoms with Gasteiger partial charge in [-0.3, -0.25) is 9.36 Å². The number of hydrogen-bond donors (Lipinski definition) is 1. The molecule has 0 saturated carbocycles. The third-order valence-corrected chi connectivity index (χ3v) is 5.59. The minimum atomic E-state index is -0.0880. The highest BCUT2D eigenvalue weighted by atomic mass is 16.3. The number of imidazole rings is 1. The Balaban J connectivity index is 1.19. The van der Waals surface area contributed by atoms with Crippen LogP contribution in [0.15, 0.2) is 59.7 Å². The molecule has 4 aromatic rings. The van der Waals surface area contributed by atoms with Gasteiger partial charge in [-0.2, -0.15) is 0 Å². The molecule has 5 rings (SSSR count). The number of rotatable bonds is 5. The van der Waals surface area contributed by atoms with Gasteiger partial charge in [0.1, 0.15) is 29.5 Å². The summed E-state index contributed by atoms with van der Waals surface area (Å²) in [5.41, 5.74) is 0.697. The van der Waals surface area contributed by atoms with E-state index in [0.29, 0.717) is 23.1 Å². The standard InChI is InChI=1S/C22H22N8O2/c1-15-23-8-11-30(15)21-13-19(24-14-25-21)26-22(31)16-6-9-29(10-7-16)20-5-4-17(27-28-20)18-3-2-12-32-18/h2-5,8,11-14,16H,6-7,9-10H2,1H3,(H,24,25,26,31). The number of piperidine rings is 1. The second-order valence-electron chi connectivity index (χ2n) is 7.61. The molecule has 162 valence electrons. The number of amides is 1. The number of furan rings is 1. The second-order valence-corrected chi connectivity index (χ2v) is 7.61. The number of hydrogen-bond acceptors (Lipinski definition) is 8. The molecular formula is C22H22N8O2. The Morgan fingerprint density at radius 1 is 1.09 bits per heavy atom. The average Bonchev–Trinajstić information content (AvgIpc) is 3.52. The normalized spacial score (nSPS) is 14.5. The highest BCUT2D eigenvalue weighted by Crippen LogP contribution is 2.24. The van der Waals surface area contributed by atoms with Crippen LogP contribution in [-0.2, 0) is 4.79 Å². The van der Waals surface area contributed by atoms with Crippen molar-refractivity contribution in [1.82, 2.24) is 29.7 Å². The van der Waals surface area contributed by atoms with Gasteiger partial charge in [0.05, 0.1) is 6.26 Å². The number of carbonyl (C=O) groups is 1. The van der Waals surface area contributed by atoms with Crippen molar-refractivity contribution in [2.45, 2.75) is 19.8 Å². The molecule has 1 aliphatic rings. The first-order chi connectivity index (χ1) is 15.7. The number of anilines is 2. The highest BCUT2D eigenvalue weighted by Gasteiger charge is 2.26. The van der Waals surface area contributed by atoms with Gasteiger partial charge in [-0.1, -0.05) is 0 Å². The third kappa shape index (κ3) is 4.07. The quantitative estimate of drug-likeness (QED) is 0.514. The maximum atomic E-state index is 12.8. The molecule has 1 amide bonds. The minimum Gasteiger partial charge on any atom is -0.463 e. The molecule has 10 nitrogen and oxygen atoms in total. The Morgan fingerprint density at radius 2 is 1.97 bits per heavy atom. The Labute approximate surface area is 184 Å². The van der Waals surface area contributed by atoms with E-state index >= 15 is 0 Å². The Bertz CT molecular complexity index is 1190. The number of aromatic nitrogens is 6. The smallest absolute Gasteiger partial charge is 0.228 e. The fourth-order valence-electron chi connectivity index (χ4n) is 3.82. The van der Waals surface area contributed by atoms with Gasteiger partial charge in [-0.25, -0.2) is 15.0 Å². The van der Waals surface area contributed by atoms with Crippen LogP contribution in [0.25, 0.3) is 17.3 Å². The van der Waals surface area contributed by atoms with E-state index in [1.807, 2.05) is 42.0 Å². The lowest BCUT2D eigenvalue weighted by Crippen LogP contribution is -2.38. The van der Waals surface area contributed by atoms with Crippen molar-refractivity contribution in [2.75, 3.05) is 23.3 Å². The summed E-state index contributed by atoms with van der Waals surface area (Å²) in [6.07, 6.45) is 8.04. The van der Waals surface area contributed by atoms with E-state index in [1.165, 1.54) is 6.33 Å². The van der Waals surface area contributed by atoms with Gasteiger partial charge in [0.25, 0.3) is 0 Å². The molecule has 32 heavy (non-hydrogen) atoms. The first kappa shape index (κ1) is 19.9. The molecule has 1 N–H and O–H groups in total. The summed E-state index contributed by atoms with van der Waals surface area (Å²) >= 11 is 0. The number of aryl methyl sites for hydroxylation is 1. The fraction of sp³-hybridized carbons (Fsp3) is 0.273. The summed E-state index contributed by atoms with van der Waals surface area (Å²) in [4.78, 5) is 27.6. The van der Waals surface area contributed by atoms with Gasteiger partial charge in [-0.05, 0) is 44.0 Å². The zero-order chi connectivity index (χ0) is 21.9. The number of nitrogens with one attached hydrogen (secondary N) is 1. The van der Waals surface area contributed by atoms with Gasteiger partial charge < -0.3 is 14.6 Å². The second kappa shape index (κ2) is 8.58. The van der Waals surface area contributed by atoms with E-state index in [0.717, 1.165) is 37.6 Å². The molecule has 5 heterocycles. The average molecular weight is 430 g/mol. The van der Waals surface area contributed by atoms with Gasteiger partial charge in [0.2, 0.25) is 5.91 Å². The Hall–Kier alpha value is -4.08. The van der Waals surface area contributed by atoms with Crippen molar-refractivity contribution >= 4 is 17.5 Å². The Kier molecular flexibility index (Phi) is 5.32. The van der Waals surface area contributed by atoms with Crippen LogP contribution in [-0.4, -0.2) is 48.7 Å². The lowest BCUT2D eigenvalue weighted by molar-refractivity contribution is -0.120. The van der Waals surface area contributed by atoms with Crippen LogP contribution >= 0.6 is 0 Å². The predicted molar refractivity (Wildman–Crippen MR) is 117 cm³/mol. The van der Waals surface area contributed by atoms with Crippen molar-refractivity contribution in [3.8, 4) is 17.3 Å². The molecular weight excluding hydrogens is 408 g/mol. The predicted octanol–water partition coefficient (Wildman–Crippen LogP) is 2.88. The highest BCUT2D eigenvalue weighted by molar-refractivity contribution is 5.92. The minimum absolute atomic E-state index is 0.0316. The van der Waals surface area contributed by atoms with Crippen molar-refractivity contribution in [3.05, 3.63) is 61.1 Å². The zero-order valence-electron chi connectivity index (χ0n) is 17.5. The SMILES string of the molecule is Cc1nccn1-c1cc(NC(=O)C2CCN(c3ccc(-c4ccco4)nn3)CC2)ncn1. The molecule has 0 aromatic carbocycles. The number of nitrogens with zero attached hydrogens (tertiary/aromatic N) is 7. The summed E-state index contributed by atoms with van der Waals surface area (Å²) in [6, 6.07) is 9.26. The van der Waals surface area contributed by atoms with E-state index in [-0.39, 0.29) is 11.8 Å². The van der Waals surface area contributed by atoms with Crippen molar-refractivity contribution in [1.29, 1.82) is 0 Å². The molecule has 0 bridgehead atoms. The molecule has 1 aliphatic heterocycles. The van der Waals surface area contributed by atoms with E-state index in [2.05, 4.69) is 35.4 Å². The summed E-state index contributed by atoms with van der Waals surface area (Å²) < 4.78 is 7.20. The van der Waals surface area contributed by atoms with Crippen LogP contribution in [0.1, 0.15) is 18.7 Å². The molecule has 0 atom stereocenters. The third-order valence-electron chi connectivity index (χ3n) is 5.59. The molecule has 1 fully saturated rings. The summed E-state index contributed by atoms with van der Waals surface area (Å²) in [5.74, 6) is 3.33. The van der Waals surface area contributed by atoms with Gasteiger partial charge in [-0.15, -0.1) is 10.2 Å². The summed E-state index contributed by atoms with van der Waals surface area (Å²) in [6.45, 7) is 3.36. The van der Waals surface area contributed by atoms with Crippen LogP contribution < -0.4 is 10.2 Å².